The number of carbonyl (C=O) groups excluding carboxylic acids is 1. The van der Waals surface area contributed by atoms with Gasteiger partial charge >= 0.3 is 0 Å². The highest BCUT2D eigenvalue weighted by atomic mass is 35.5. The summed E-state index contributed by atoms with van der Waals surface area (Å²) in [5.74, 6) is 0.759. The van der Waals surface area contributed by atoms with Crippen molar-refractivity contribution in [1.82, 2.24) is 10.2 Å². The maximum absolute atomic E-state index is 12.2. The smallest absolute Gasteiger partial charge is 0.251 e. The number of likely N-dealkylation sites (N-methyl/N-ethyl adjacent to an activating group) is 1. The summed E-state index contributed by atoms with van der Waals surface area (Å²) in [5, 5.41) is 3.25. The van der Waals surface area contributed by atoms with Crippen molar-refractivity contribution in [3.05, 3.63) is 0 Å². The SMILES string of the molecule is CNC1CCCN(C(=O)C(C)OCCC(C)C)C1.Cl. The molecule has 1 N–H and O–H groups in total. The molecular formula is C14H29ClN2O2. The van der Waals surface area contributed by atoms with Gasteiger partial charge in [0, 0.05) is 25.7 Å². The monoisotopic (exact) mass is 292 g/mol. The molecule has 1 saturated heterocycles. The number of nitrogens with one attached hydrogen (secondary N) is 1. The highest BCUT2D eigenvalue weighted by Crippen LogP contribution is 2.12. The van der Waals surface area contributed by atoms with Gasteiger partial charge in [-0.3, -0.25) is 4.79 Å². The van der Waals surface area contributed by atoms with Crippen molar-refractivity contribution in [2.75, 3.05) is 26.7 Å². The zero-order valence-electron chi connectivity index (χ0n) is 12.6. The largest absolute Gasteiger partial charge is 0.369 e. The lowest BCUT2D eigenvalue weighted by Gasteiger charge is -2.34. The number of carbonyl (C=O) groups is 1. The second-order valence-electron chi connectivity index (χ2n) is 5.61. The van der Waals surface area contributed by atoms with Crippen LogP contribution < -0.4 is 5.32 Å². The number of likely N-dealkylation sites (tertiary alicyclic amines) is 1. The minimum atomic E-state index is -0.306. The minimum absolute atomic E-state index is 0. The van der Waals surface area contributed by atoms with Crippen LogP contribution in [-0.2, 0) is 9.53 Å². The molecule has 0 aromatic carbocycles. The molecule has 4 nitrogen and oxygen atoms in total. The van der Waals surface area contributed by atoms with Gasteiger partial charge in [0.2, 0.25) is 0 Å². The lowest BCUT2D eigenvalue weighted by molar-refractivity contribution is -0.144. The van der Waals surface area contributed by atoms with Crippen molar-refractivity contribution in [3.63, 3.8) is 0 Å². The van der Waals surface area contributed by atoms with Gasteiger partial charge < -0.3 is 15.0 Å². The van der Waals surface area contributed by atoms with Crippen LogP contribution in [0.4, 0.5) is 0 Å². The molecule has 0 bridgehead atoms. The van der Waals surface area contributed by atoms with E-state index in [-0.39, 0.29) is 24.4 Å². The fourth-order valence-corrected chi connectivity index (χ4v) is 2.22. The van der Waals surface area contributed by atoms with Gasteiger partial charge in [0.05, 0.1) is 0 Å². The van der Waals surface area contributed by atoms with Gasteiger partial charge in [-0.15, -0.1) is 12.4 Å². The summed E-state index contributed by atoms with van der Waals surface area (Å²) >= 11 is 0. The molecule has 0 radical (unpaired) electrons. The van der Waals surface area contributed by atoms with Gasteiger partial charge in [-0.25, -0.2) is 0 Å². The first kappa shape index (κ1) is 18.7. The molecule has 0 aromatic heterocycles. The van der Waals surface area contributed by atoms with Crippen LogP contribution >= 0.6 is 12.4 Å². The molecular weight excluding hydrogens is 264 g/mol. The maximum atomic E-state index is 12.2. The predicted molar refractivity (Wildman–Crippen MR) is 80.8 cm³/mol. The summed E-state index contributed by atoms with van der Waals surface area (Å²) in [6.45, 7) is 8.55. The van der Waals surface area contributed by atoms with E-state index in [0.717, 1.165) is 32.4 Å². The van der Waals surface area contributed by atoms with Crippen molar-refractivity contribution in [3.8, 4) is 0 Å². The van der Waals surface area contributed by atoms with E-state index in [1.165, 1.54) is 0 Å². The Kier molecular flexibility index (Phi) is 9.40. The minimum Gasteiger partial charge on any atom is -0.369 e. The number of amides is 1. The molecule has 5 heteroatoms. The van der Waals surface area contributed by atoms with E-state index in [1.807, 2.05) is 18.9 Å². The Hall–Kier alpha value is -0.320. The van der Waals surface area contributed by atoms with E-state index in [2.05, 4.69) is 19.2 Å². The Balaban J connectivity index is 0.00000324. The van der Waals surface area contributed by atoms with E-state index in [4.69, 9.17) is 4.74 Å². The summed E-state index contributed by atoms with van der Waals surface area (Å²) in [6.07, 6.45) is 2.94. The average molecular weight is 293 g/mol. The number of rotatable bonds is 6. The van der Waals surface area contributed by atoms with Gasteiger partial charge in [-0.1, -0.05) is 13.8 Å². The number of hydrogen-bond donors (Lipinski definition) is 1. The van der Waals surface area contributed by atoms with Crippen molar-refractivity contribution >= 4 is 18.3 Å². The predicted octanol–water partition coefficient (Wildman–Crippen LogP) is 2.07. The molecule has 0 aromatic rings. The number of ether oxygens (including phenoxy) is 1. The second-order valence-corrected chi connectivity index (χ2v) is 5.61. The third-order valence-corrected chi connectivity index (χ3v) is 3.55. The summed E-state index contributed by atoms with van der Waals surface area (Å²) in [4.78, 5) is 14.1. The zero-order valence-corrected chi connectivity index (χ0v) is 13.5. The molecule has 0 spiro atoms. The first-order valence-electron chi connectivity index (χ1n) is 7.12. The van der Waals surface area contributed by atoms with Gasteiger partial charge in [-0.2, -0.15) is 0 Å². The lowest BCUT2D eigenvalue weighted by Crippen LogP contribution is -2.50. The molecule has 1 amide bonds. The van der Waals surface area contributed by atoms with Crippen LogP contribution in [0.2, 0.25) is 0 Å². The highest BCUT2D eigenvalue weighted by molar-refractivity contribution is 5.85. The van der Waals surface area contributed by atoms with Gasteiger partial charge in [0.1, 0.15) is 6.10 Å². The number of nitrogens with zero attached hydrogens (tertiary/aromatic N) is 1. The number of hydrogen-bond acceptors (Lipinski definition) is 3. The maximum Gasteiger partial charge on any atom is 0.251 e. The molecule has 1 fully saturated rings. The van der Waals surface area contributed by atoms with Crippen molar-refractivity contribution in [1.29, 1.82) is 0 Å². The highest BCUT2D eigenvalue weighted by Gasteiger charge is 2.26. The van der Waals surface area contributed by atoms with Gasteiger partial charge in [-0.05, 0) is 39.2 Å². The second kappa shape index (κ2) is 9.56. The van der Waals surface area contributed by atoms with Crippen LogP contribution in [0.3, 0.4) is 0 Å². The molecule has 2 atom stereocenters. The fraction of sp³-hybridized carbons (Fsp3) is 0.929. The third-order valence-electron chi connectivity index (χ3n) is 3.55. The molecule has 2 unspecified atom stereocenters. The quantitative estimate of drug-likeness (QED) is 0.815. The summed E-state index contributed by atoms with van der Waals surface area (Å²) < 4.78 is 5.63. The molecule has 114 valence electrons. The van der Waals surface area contributed by atoms with Crippen molar-refractivity contribution < 1.29 is 9.53 Å². The van der Waals surface area contributed by atoms with E-state index >= 15 is 0 Å². The van der Waals surface area contributed by atoms with E-state index in [0.29, 0.717) is 18.6 Å². The molecule has 0 aliphatic carbocycles. The molecule has 1 aliphatic rings. The number of halogens is 1. The molecule has 1 aliphatic heterocycles. The Morgan fingerprint density at radius 2 is 2.11 bits per heavy atom. The number of piperidine rings is 1. The Morgan fingerprint density at radius 1 is 1.42 bits per heavy atom. The zero-order chi connectivity index (χ0) is 13.5. The van der Waals surface area contributed by atoms with Crippen molar-refractivity contribution in [2.24, 2.45) is 5.92 Å². The molecule has 1 heterocycles. The van der Waals surface area contributed by atoms with Crippen LogP contribution in [-0.4, -0.2) is 49.7 Å². The van der Waals surface area contributed by atoms with Gasteiger partial charge in [0.25, 0.3) is 5.91 Å². The Bertz CT molecular complexity index is 262. The first-order valence-corrected chi connectivity index (χ1v) is 7.12. The Labute approximate surface area is 123 Å². The van der Waals surface area contributed by atoms with Gasteiger partial charge in [0.15, 0.2) is 0 Å². The topological polar surface area (TPSA) is 41.6 Å². The summed E-state index contributed by atoms with van der Waals surface area (Å²) in [6, 6.07) is 0.436. The standard InChI is InChI=1S/C14H28N2O2.ClH/c1-11(2)7-9-18-12(3)14(17)16-8-5-6-13(10-16)15-4;/h11-13,15H,5-10H2,1-4H3;1H. The normalized spacial score (nSPS) is 21.1. The Morgan fingerprint density at radius 3 is 2.68 bits per heavy atom. The van der Waals surface area contributed by atoms with Crippen LogP contribution in [0.15, 0.2) is 0 Å². The average Bonchev–Trinajstić information content (AvgIpc) is 2.37. The third kappa shape index (κ3) is 6.59. The first-order chi connectivity index (χ1) is 8.54. The summed E-state index contributed by atoms with van der Waals surface area (Å²) in [7, 11) is 1.96. The summed E-state index contributed by atoms with van der Waals surface area (Å²) in [5.41, 5.74) is 0. The lowest BCUT2D eigenvalue weighted by atomic mass is 10.1. The van der Waals surface area contributed by atoms with E-state index < -0.39 is 0 Å². The van der Waals surface area contributed by atoms with Crippen LogP contribution in [0.25, 0.3) is 0 Å². The fourth-order valence-electron chi connectivity index (χ4n) is 2.22. The van der Waals surface area contributed by atoms with E-state index in [1.54, 1.807) is 0 Å². The molecule has 19 heavy (non-hydrogen) atoms. The molecule has 1 rings (SSSR count). The van der Waals surface area contributed by atoms with Crippen LogP contribution in [0.1, 0.15) is 40.0 Å². The van der Waals surface area contributed by atoms with Crippen LogP contribution in [0, 0.1) is 5.92 Å². The van der Waals surface area contributed by atoms with Crippen LogP contribution in [0.5, 0.6) is 0 Å². The van der Waals surface area contributed by atoms with E-state index in [9.17, 15) is 4.79 Å². The van der Waals surface area contributed by atoms with Crippen molar-refractivity contribution in [2.45, 2.75) is 52.2 Å². The molecule has 0 saturated carbocycles.